The fraction of sp³-hybridized carbons (Fsp3) is 0.611. The molecule has 1 saturated heterocycles. The summed E-state index contributed by atoms with van der Waals surface area (Å²) in [5, 5.41) is 0. The predicted molar refractivity (Wildman–Crippen MR) is 86.7 cm³/mol. The summed E-state index contributed by atoms with van der Waals surface area (Å²) in [6, 6.07) is 10.4. The van der Waals surface area contributed by atoms with Crippen molar-refractivity contribution in [1.82, 2.24) is 4.90 Å². The summed E-state index contributed by atoms with van der Waals surface area (Å²) in [6.45, 7) is 5.68. The molecule has 1 heterocycles. The molecule has 0 bridgehead atoms. The summed E-state index contributed by atoms with van der Waals surface area (Å²) in [5.41, 5.74) is 1.17. The fourth-order valence-electron chi connectivity index (χ4n) is 2.93. The summed E-state index contributed by atoms with van der Waals surface area (Å²) < 4.78 is 11.2. The average Bonchev–Trinajstić information content (AvgIpc) is 2.95. The molecule has 0 spiro atoms. The van der Waals surface area contributed by atoms with Crippen LogP contribution in [0, 0.1) is 0 Å². The molecule has 1 aliphatic heterocycles. The summed E-state index contributed by atoms with van der Waals surface area (Å²) in [5.74, 6) is 0. The molecule has 1 aromatic rings. The molecule has 1 amide bonds. The molecule has 0 saturated carbocycles. The zero-order chi connectivity index (χ0) is 15.8. The van der Waals surface area contributed by atoms with Crippen LogP contribution in [0.25, 0.3) is 0 Å². The lowest BCUT2D eigenvalue weighted by Crippen LogP contribution is -2.36. The van der Waals surface area contributed by atoms with Crippen molar-refractivity contribution >= 4 is 6.09 Å². The highest BCUT2D eigenvalue weighted by molar-refractivity contribution is 5.68. The second kappa shape index (κ2) is 8.79. The number of carbonyl (C=O) groups excluding carboxylic acids is 1. The van der Waals surface area contributed by atoms with Gasteiger partial charge in [0, 0.05) is 6.04 Å². The van der Waals surface area contributed by atoms with Gasteiger partial charge in [-0.3, -0.25) is 0 Å². The van der Waals surface area contributed by atoms with Gasteiger partial charge >= 0.3 is 6.09 Å². The molecule has 0 aromatic heterocycles. The Labute approximate surface area is 133 Å². The van der Waals surface area contributed by atoms with Crippen LogP contribution in [0.5, 0.6) is 0 Å². The van der Waals surface area contributed by atoms with Crippen LogP contribution in [0.4, 0.5) is 4.79 Å². The standard InChI is InChI=1S/C18H27NO3/c1-3-5-11-16-12-17(13-19(16)18(20)21-4-2)22-14-15-9-7-6-8-10-15/h6-10,16-17H,3-5,11-14H2,1-2H3. The van der Waals surface area contributed by atoms with Crippen molar-refractivity contribution in [1.29, 1.82) is 0 Å². The van der Waals surface area contributed by atoms with Gasteiger partial charge in [-0.2, -0.15) is 0 Å². The van der Waals surface area contributed by atoms with E-state index in [1.165, 1.54) is 5.56 Å². The van der Waals surface area contributed by atoms with Crippen molar-refractivity contribution in [2.45, 2.75) is 58.3 Å². The van der Waals surface area contributed by atoms with E-state index in [1.807, 2.05) is 30.0 Å². The van der Waals surface area contributed by atoms with Gasteiger partial charge in [0.05, 0.1) is 25.9 Å². The lowest BCUT2D eigenvalue weighted by Gasteiger charge is -2.23. The maximum atomic E-state index is 12.1. The van der Waals surface area contributed by atoms with Gasteiger partial charge in [0.1, 0.15) is 0 Å². The molecule has 4 heteroatoms. The Morgan fingerprint density at radius 1 is 1.27 bits per heavy atom. The Morgan fingerprint density at radius 2 is 2.05 bits per heavy atom. The number of unbranched alkanes of at least 4 members (excludes halogenated alkanes) is 1. The first-order chi connectivity index (χ1) is 10.7. The number of benzene rings is 1. The van der Waals surface area contributed by atoms with Crippen molar-refractivity contribution < 1.29 is 14.3 Å². The first-order valence-corrected chi connectivity index (χ1v) is 8.33. The largest absolute Gasteiger partial charge is 0.450 e. The van der Waals surface area contributed by atoms with Gasteiger partial charge in [0.2, 0.25) is 0 Å². The van der Waals surface area contributed by atoms with Crippen LogP contribution in [0.3, 0.4) is 0 Å². The van der Waals surface area contributed by atoms with Crippen LogP contribution >= 0.6 is 0 Å². The SMILES string of the molecule is CCCCC1CC(OCc2ccccc2)CN1C(=O)OCC. The third-order valence-corrected chi connectivity index (χ3v) is 4.10. The summed E-state index contributed by atoms with van der Waals surface area (Å²) in [6.07, 6.45) is 4.11. The molecule has 122 valence electrons. The highest BCUT2D eigenvalue weighted by Crippen LogP contribution is 2.26. The number of carbonyl (C=O) groups is 1. The zero-order valence-corrected chi connectivity index (χ0v) is 13.7. The summed E-state index contributed by atoms with van der Waals surface area (Å²) in [7, 11) is 0. The van der Waals surface area contributed by atoms with Gasteiger partial charge in [-0.15, -0.1) is 0 Å². The van der Waals surface area contributed by atoms with Crippen LogP contribution in [0.15, 0.2) is 30.3 Å². The van der Waals surface area contributed by atoms with E-state index in [9.17, 15) is 4.79 Å². The number of likely N-dealkylation sites (tertiary alicyclic amines) is 1. The Kier molecular flexibility index (Phi) is 6.72. The molecular formula is C18H27NO3. The average molecular weight is 305 g/mol. The molecule has 1 aliphatic rings. The maximum absolute atomic E-state index is 12.1. The van der Waals surface area contributed by atoms with E-state index in [-0.39, 0.29) is 18.2 Å². The fourth-order valence-corrected chi connectivity index (χ4v) is 2.93. The van der Waals surface area contributed by atoms with E-state index in [2.05, 4.69) is 19.1 Å². The van der Waals surface area contributed by atoms with E-state index in [0.717, 1.165) is 25.7 Å². The molecular weight excluding hydrogens is 278 g/mol. The minimum absolute atomic E-state index is 0.103. The van der Waals surface area contributed by atoms with Crippen molar-refractivity contribution in [2.75, 3.05) is 13.2 Å². The molecule has 22 heavy (non-hydrogen) atoms. The molecule has 0 radical (unpaired) electrons. The molecule has 2 unspecified atom stereocenters. The van der Waals surface area contributed by atoms with Crippen molar-refractivity contribution in [2.24, 2.45) is 0 Å². The Hall–Kier alpha value is -1.55. The van der Waals surface area contributed by atoms with Gasteiger partial charge < -0.3 is 14.4 Å². The Morgan fingerprint density at radius 3 is 2.73 bits per heavy atom. The van der Waals surface area contributed by atoms with Crippen molar-refractivity contribution in [3.8, 4) is 0 Å². The number of rotatable bonds is 7. The summed E-state index contributed by atoms with van der Waals surface area (Å²) in [4.78, 5) is 13.9. The van der Waals surface area contributed by atoms with E-state index < -0.39 is 0 Å². The molecule has 1 aromatic carbocycles. The quantitative estimate of drug-likeness (QED) is 0.764. The molecule has 1 fully saturated rings. The number of nitrogens with zero attached hydrogens (tertiary/aromatic N) is 1. The first kappa shape index (κ1) is 16.8. The van der Waals surface area contributed by atoms with E-state index in [0.29, 0.717) is 19.8 Å². The first-order valence-electron chi connectivity index (χ1n) is 8.33. The highest BCUT2D eigenvalue weighted by Gasteiger charge is 2.36. The van der Waals surface area contributed by atoms with Crippen LogP contribution in [0.2, 0.25) is 0 Å². The van der Waals surface area contributed by atoms with Gasteiger partial charge in [-0.05, 0) is 25.3 Å². The number of amides is 1. The molecule has 2 atom stereocenters. The third kappa shape index (κ3) is 4.73. The number of hydrogen-bond acceptors (Lipinski definition) is 3. The normalized spacial score (nSPS) is 21.1. The Bertz CT molecular complexity index is 449. The van der Waals surface area contributed by atoms with Gasteiger partial charge in [-0.1, -0.05) is 50.1 Å². The van der Waals surface area contributed by atoms with Crippen LogP contribution in [-0.2, 0) is 16.1 Å². The minimum atomic E-state index is -0.200. The predicted octanol–water partition coefficient (Wildman–Crippen LogP) is 3.99. The van der Waals surface area contributed by atoms with E-state index >= 15 is 0 Å². The highest BCUT2D eigenvalue weighted by atomic mass is 16.6. The molecule has 0 N–H and O–H groups in total. The number of ether oxygens (including phenoxy) is 2. The smallest absolute Gasteiger partial charge is 0.410 e. The van der Waals surface area contributed by atoms with Crippen molar-refractivity contribution in [3.63, 3.8) is 0 Å². The van der Waals surface area contributed by atoms with Crippen LogP contribution < -0.4 is 0 Å². The van der Waals surface area contributed by atoms with Crippen LogP contribution in [-0.4, -0.2) is 36.3 Å². The lowest BCUT2D eigenvalue weighted by molar-refractivity contribution is 0.0442. The maximum Gasteiger partial charge on any atom is 0.410 e. The third-order valence-electron chi connectivity index (χ3n) is 4.10. The monoisotopic (exact) mass is 305 g/mol. The lowest BCUT2D eigenvalue weighted by atomic mass is 10.1. The minimum Gasteiger partial charge on any atom is -0.450 e. The Balaban J connectivity index is 1.89. The second-order valence-electron chi connectivity index (χ2n) is 5.80. The van der Waals surface area contributed by atoms with Gasteiger partial charge in [-0.25, -0.2) is 4.79 Å². The van der Waals surface area contributed by atoms with Crippen LogP contribution in [0.1, 0.15) is 45.1 Å². The zero-order valence-electron chi connectivity index (χ0n) is 13.7. The van der Waals surface area contributed by atoms with Crippen molar-refractivity contribution in [3.05, 3.63) is 35.9 Å². The summed E-state index contributed by atoms with van der Waals surface area (Å²) >= 11 is 0. The second-order valence-corrected chi connectivity index (χ2v) is 5.80. The molecule has 0 aliphatic carbocycles. The van der Waals surface area contributed by atoms with Gasteiger partial charge in [0.25, 0.3) is 0 Å². The molecule has 4 nitrogen and oxygen atoms in total. The molecule has 2 rings (SSSR count). The van der Waals surface area contributed by atoms with E-state index in [4.69, 9.17) is 9.47 Å². The van der Waals surface area contributed by atoms with Gasteiger partial charge in [0.15, 0.2) is 0 Å². The van der Waals surface area contributed by atoms with E-state index in [1.54, 1.807) is 0 Å². The topological polar surface area (TPSA) is 38.8 Å². The number of hydrogen-bond donors (Lipinski definition) is 0.